The van der Waals surface area contributed by atoms with Gasteiger partial charge in [-0.05, 0) is 72.1 Å². The molecule has 0 bridgehead atoms. The Kier molecular flexibility index (Phi) is 7.93. The molecule has 0 aliphatic heterocycles. The number of hydrogen-bond donors (Lipinski definition) is 0. The SMILES string of the molecule is C(#Cc1ccc2c(C#Cc3ccccc3)cc(C#Cc3ccccc3)c(C#Cc3ccccc3)c2c1)c1ccccc1. The zero-order valence-electron chi connectivity index (χ0n) is 22.9. The second-order valence-electron chi connectivity index (χ2n) is 9.57. The summed E-state index contributed by atoms with van der Waals surface area (Å²) in [6.45, 7) is 0. The summed E-state index contributed by atoms with van der Waals surface area (Å²) in [5.74, 6) is 26.9. The molecule has 0 aliphatic carbocycles. The molecule has 0 heterocycles. The molecule has 6 aromatic rings. The van der Waals surface area contributed by atoms with Crippen LogP contribution in [0.5, 0.6) is 0 Å². The molecule has 192 valence electrons. The number of rotatable bonds is 0. The summed E-state index contributed by atoms with van der Waals surface area (Å²) in [6.07, 6.45) is 0. The Labute approximate surface area is 247 Å². The molecular weight excluding hydrogens is 504 g/mol. The number of fused-ring (bicyclic) bond motifs is 1. The van der Waals surface area contributed by atoms with Gasteiger partial charge in [0.25, 0.3) is 0 Å². The summed E-state index contributed by atoms with van der Waals surface area (Å²) in [5, 5.41) is 2.00. The molecule has 0 N–H and O–H groups in total. The van der Waals surface area contributed by atoms with Gasteiger partial charge in [0.1, 0.15) is 0 Å². The average molecular weight is 529 g/mol. The van der Waals surface area contributed by atoms with Crippen molar-refractivity contribution in [1.82, 2.24) is 0 Å². The van der Waals surface area contributed by atoms with Crippen LogP contribution >= 0.6 is 0 Å². The van der Waals surface area contributed by atoms with Crippen LogP contribution in [0.25, 0.3) is 10.8 Å². The van der Waals surface area contributed by atoms with E-state index in [9.17, 15) is 0 Å². The van der Waals surface area contributed by atoms with Gasteiger partial charge in [-0.15, -0.1) is 0 Å². The van der Waals surface area contributed by atoms with Crippen molar-refractivity contribution in [2.45, 2.75) is 0 Å². The molecule has 0 spiro atoms. The maximum absolute atomic E-state index is 3.46. The molecule has 0 saturated heterocycles. The van der Waals surface area contributed by atoms with Crippen LogP contribution in [0, 0.1) is 47.4 Å². The monoisotopic (exact) mass is 528 g/mol. The van der Waals surface area contributed by atoms with Crippen LogP contribution in [0.4, 0.5) is 0 Å². The highest BCUT2D eigenvalue weighted by Crippen LogP contribution is 2.27. The minimum Gasteiger partial charge on any atom is -0.0622 e. The highest BCUT2D eigenvalue weighted by molar-refractivity contribution is 5.96. The van der Waals surface area contributed by atoms with Gasteiger partial charge < -0.3 is 0 Å². The molecule has 0 aliphatic rings. The van der Waals surface area contributed by atoms with Gasteiger partial charge in [-0.2, -0.15) is 0 Å². The van der Waals surface area contributed by atoms with Crippen molar-refractivity contribution in [1.29, 1.82) is 0 Å². The Balaban J connectivity index is 1.58. The molecule has 6 aromatic carbocycles. The van der Waals surface area contributed by atoms with Crippen molar-refractivity contribution >= 4 is 10.8 Å². The summed E-state index contributed by atoms with van der Waals surface area (Å²) in [6, 6.07) is 48.4. The quantitative estimate of drug-likeness (QED) is 0.174. The van der Waals surface area contributed by atoms with Crippen LogP contribution in [0.15, 0.2) is 146 Å². The average Bonchev–Trinajstić information content (AvgIpc) is 3.06. The van der Waals surface area contributed by atoms with Gasteiger partial charge in [0.05, 0.1) is 0 Å². The van der Waals surface area contributed by atoms with Crippen LogP contribution in [-0.2, 0) is 0 Å². The predicted octanol–water partition coefficient (Wildman–Crippen LogP) is 8.44. The standard InChI is InChI=1S/C42H24/c1-5-13-33(14-6-1)21-22-37-26-30-41-39(28-24-35-17-9-3-10-18-35)32-38(27-23-34-15-7-2-8-16-34)40(42(41)31-37)29-25-36-19-11-4-12-20-36/h1-20,26,30-32H. The minimum absolute atomic E-state index is 0.834. The van der Waals surface area contributed by atoms with Gasteiger partial charge in [0.15, 0.2) is 0 Å². The molecule has 0 atom stereocenters. The van der Waals surface area contributed by atoms with Crippen molar-refractivity contribution in [3.63, 3.8) is 0 Å². The van der Waals surface area contributed by atoms with Gasteiger partial charge >= 0.3 is 0 Å². The summed E-state index contributed by atoms with van der Waals surface area (Å²) in [4.78, 5) is 0. The van der Waals surface area contributed by atoms with Crippen LogP contribution in [0.3, 0.4) is 0 Å². The van der Waals surface area contributed by atoms with E-state index >= 15 is 0 Å². The van der Waals surface area contributed by atoms with E-state index in [1.807, 2.05) is 121 Å². The van der Waals surface area contributed by atoms with Crippen molar-refractivity contribution in [3.8, 4) is 47.4 Å². The second-order valence-corrected chi connectivity index (χ2v) is 9.57. The van der Waals surface area contributed by atoms with E-state index in [0.29, 0.717) is 0 Å². The molecule has 6 rings (SSSR count). The van der Waals surface area contributed by atoms with Crippen molar-refractivity contribution in [3.05, 3.63) is 190 Å². The fourth-order valence-electron chi connectivity index (χ4n) is 4.48. The lowest BCUT2D eigenvalue weighted by atomic mass is 9.93. The highest BCUT2D eigenvalue weighted by atomic mass is 14.1. The lowest BCUT2D eigenvalue weighted by Crippen LogP contribution is -1.93. The van der Waals surface area contributed by atoms with E-state index in [2.05, 4.69) is 71.6 Å². The first-order chi connectivity index (χ1) is 20.8. The largest absolute Gasteiger partial charge is 0.0622 e. The maximum atomic E-state index is 3.46. The van der Waals surface area contributed by atoms with Gasteiger partial charge in [0.2, 0.25) is 0 Å². The van der Waals surface area contributed by atoms with E-state index in [-0.39, 0.29) is 0 Å². The Morgan fingerprint density at radius 2 is 0.667 bits per heavy atom. The summed E-state index contributed by atoms with van der Waals surface area (Å²) >= 11 is 0. The first-order valence-electron chi connectivity index (χ1n) is 13.7. The molecule has 0 radical (unpaired) electrons. The predicted molar refractivity (Wildman–Crippen MR) is 174 cm³/mol. The van der Waals surface area contributed by atoms with Crippen LogP contribution in [0.2, 0.25) is 0 Å². The highest BCUT2D eigenvalue weighted by Gasteiger charge is 2.10. The topological polar surface area (TPSA) is 0 Å². The van der Waals surface area contributed by atoms with Gasteiger partial charge in [-0.25, -0.2) is 0 Å². The van der Waals surface area contributed by atoms with E-state index in [1.54, 1.807) is 0 Å². The second kappa shape index (κ2) is 12.8. The summed E-state index contributed by atoms with van der Waals surface area (Å²) in [5.41, 5.74) is 7.33. The molecule has 42 heavy (non-hydrogen) atoms. The van der Waals surface area contributed by atoms with Crippen LogP contribution in [0.1, 0.15) is 44.5 Å². The Bertz CT molecular complexity index is 2110. The van der Waals surface area contributed by atoms with E-state index in [1.165, 1.54) is 0 Å². The Morgan fingerprint density at radius 1 is 0.262 bits per heavy atom. The molecule has 0 unspecified atom stereocenters. The molecule has 0 nitrogen and oxygen atoms in total. The molecule has 0 heteroatoms. The Morgan fingerprint density at radius 3 is 1.17 bits per heavy atom. The molecule has 0 fully saturated rings. The third-order valence-corrected chi connectivity index (χ3v) is 6.60. The minimum atomic E-state index is 0.834. The normalized spacial score (nSPS) is 9.62. The lowest BCUT2D eigenvalue weighted by molar-refractivity contribution is 1.58. The molecule has 0 saturated carbocycles. The lowest BCUT2D eigenvalue weighted by Gasteiger charge is -2.08. The smallest absolute Gasteiger partial charge is 0.0485 e. The van der Waals surface area contributed by atoms with Crippen molar-refractivity contribution < 1.29 is 0 Å². The Hall–Kier alpha value is -6.18. The third-order valence-electron chi connectivity index (χ3n) is 6.60. The zero-order valence-corrected chi connectivity index (χ0v) is 22.9. The fraction of sp³-hybridized carbons (Fsp3) is 0. The fourth-order valence-corrected chi connectivity index (χ4v) is 4.48. The summed E-state index contributed by atoms with van der Waals surface area (Å²) < 4.78 is 0. The summed E-state index contributed by atoms with van der Waals surface area (Å²) in [7, 11) is 0. The van der Waals surface area contributed by atoms with Crippen LogP contribution in [-0.4, -0.2) is 0 Å². The van der Waals surface area contributed by atoms with Gasteiger partial charge in [0, 0.05) is 49.9 Å². The van der Waals surface area contributed by atoms with Crippen molar-refractivity contribution in [2.24, 2.45) is 0 Å². The maximum Gasteiger partial charge on any atom is 0.0485 e. The van der Waals surface area contributed by atoms with E-state index < -0.39 is 0 Å². The first-order valence-corrected chi connectivity index (χ1v) is 13.7. The molecule has 0 aromatic heterocycles. The van der Waals surface area contributed by atoms with Crippen molar-refractivity contribution in [2.75, 3.05) is 0 Å². The third kappa shape index (κ3) is 6.51. The zero-order chi connectivity index (χ0) is 28.4. The van der Waals surface area contributed by atoms with Crippen LogP contribution < -0.4 is 0 Å². The first kappa shape index (κ1) is 26.1. The van der Waals surface area contributed by atoms with Gasteiger partial charge in [-0.3, -0.25) is 0 Å². The van der Waals surface area contributed by atoms with E-state index in [0.717, 1.165) is 55.3 Å². The van der Waals surface area contributed by atoms with E-state index in [4.69, 9.17) is 0 Å². The molecule has 0 amide bonds. The number of hydrogen-bond acceptors (Lipinski definition) is 0. The van der Waals surface area contributed by atoms with Gasteiger partial charge in [-0.1, -0.05) is 126 Å². The molecular formula is C42H24. The number of benzene rings is 6.